The van der Waals surface area contributed by atoms with Gasteiger partial charge in [0.1, 0.15) is 5.82 Å². The van der Waals surface area contributed by atoms with Crippen LogP contribution in [0.5, 0.6) is 0 Å². The van der Waals surface area contributed by atoms with Gasteiger partial charge in [-0.1, -0.05) is 13.0 Å². The van der Waals surface area contributed by atoms with Gasteiger partial charge in [-0.05, 0) is 64.5 Å². The Morgan fingerprint density at radius 3 is 2.75 bits per heavy atom. The first-order chi connectivity index (χ1) is 11.6. The van der Waals surface area contributed by atoms with Crippen molar-refractivity contribution in [3.05, 3.63) is 47.5 Å². The molecule has 0 bridgehead atoms. The van der Waals surface area contributed by atoms with Crippen molar-refractivity contribution in [1.82, 2.24) is 20.0 Å². The van der Waals surface area contributed by atoms with Gasteiger partial charge in [-0.3, -0.25) is 0 Å². The quantitative estimate of drug-likeness (QED) is 0.911. The molecule has 24 heavy (non-hydrogen) atoms. The molecule has 1 atom stereocenters. The molecule has 0 unspecified atom stereocenters. The zero-order valence-electron chi connectivity index (χ0n) is 14.8. The van der Waals surface area contributed by atoms with Crippen LogP contribution in [0, 0.1) is 12.7 Å². The van der Waals surface area contributed by atoms with Crippen LogP contribution in [0.2, 0.25) is 0 Å². The lowest BCUT2D eigenvalue weighted by molar-refractivity contribution is 0.200. The molecule has 1 fully saturated rings. The van der Waals surface area contributed by atoms with Gasteiger partial charge < -0.3 is 10.2 Å². The van der Waals surface area contributed by atoms with Crippen LogP contribution in [0.15, 0.2) is 30.5 Å². The summed E-state index contributed by atoms with van der Waals surface area (Å²) in [4.78, 5) is 2.50. The Bertz CT molecular complexity index is 674. The van der Waals surface area contributed by atoms with E-state index in [9.17, 15) is 4.39 Å². The molecule has 1 N–H and O–H groups in total. The Labute approximate surface area is 143 Å². The van der Waals surface area contributed by atoms with E-state index >= 15 is 0 Å². The average molecular weight is 330 g/mol. The Hall–Kier alpha value is -1.72. The third-order valence-corrected chi connectivity index (χ3v) is 5.09. The number of hydrogen-bond acceptors (Lipinski definition) is 3. The van der Waals surface area contributed by atoms with Gasteiger partial charge in [0.15, 0.2) is 0 Å². The van der Waals surface area contributed by atoms with Crippen LogP contribution in [0.4, 0.5) is 4.39 Å². The van der Waals surface area contributed by atoms with E-state index in [4.69, 9.17) is 0 Å². The fraction of sp³-hybridized carbons (Fsp3) is 0.526. The Morgan fingerprint density at radius 2 is 2.08 bits per heavy atom. The highest BCUT2D eigenvalue weighted by atomic mass is 19.1. The topological polar surface area (TPSA) is 33.1 Å². The van der Waals surface area contributed by atoms with Crippen molar-refractivity contribution >= 4 is 0 Å². The summed E-state index contributed by atoms with van der Waals surface area (Å²) < 4.78 is 15.3. The molecule has 0 saturated carbocycles. The number of halogens is 1. The minimum absolute atomic E-state index is 0.238. The van der Waals surface area contributed by atoms with Crippen molar-refractivity contribution in [2.75, 3.05) is 19.6 Å². The van der Waals surface area contributed by atoms with Gasteiger partial charge in [0.05, 0.1) is 11.9 Å². The molecule has 1 aliphatic heterocycles. The minimum atomic E-state index is -0.238. The second-order valence-corrected chi connectivity index (χ2v) is 6.67. The largest absolute Gasteiger partial charge is 0.307 e. The van der Waals surface area contributed by atoms with Gasteiger partial charge in [-0.2, -0.15) is 5.10 Å². The Balaban J connectivity index is 1.69. The lowest BCUT2D eigenvalue weighted by Gasteiger charge is -2.33. The van der Waals surface area contributed by atoms with Crippen molar-refractivity contribution in [3.63, 3.8) is 0 Å². The fourth-order valence-electron chi connectivity index (χ4n) is 3.57. The summed E-state index contributed by atoms with van der Waals surface area (Å²) in [6.07, 6.45) is 4.28. The normalized spacial score (nSPS) is 18.0. The molecule has 4 nitrogen and oxygen atoms in total. The Kier molecular flexibility index (Phi) is 5.31. The van der Waals surface area contributed by atoms with E-state index < -0.39 is 0 Å². The van der Waals surface area contributed by atoms with Crippen LogP contribution in [0.1, 0.15) is 44.0 Å². The molecular weight excluding hydrogens is 303 g/mol. The number of benzene rings is 1. The molecule has 5 heteroatoms. The molecule has 2 heterocycles. The van der Waals surface area contributed by atoms with Crippen molar-refractivity contribution in [3.8, 4) is 5.69 Å². The monoisotopic (exact) mass is 330 g/mol. The van der Waals surface area contributed by atoms with Gasteiger partial charge in [-0.25, -0.2) is 9.07 Å². The van der Waals surface area contributed by atoms with Crippen molar-refractivity contribution < 1.29 is 4.39 Å². The molecule has 0 amide bonds. The number of aromatic nitrogens is 2. The molecule has 1 aromatic carbocycles. The number of nitrogens with zero attached hydrogens (tertiary/aromatic N) is 3. The molecular formula is C19H27FN4. The van der Waals surface area contributed by atoms with E-state index in [1.54, 1.807) is 6.07 Å². The Morgan fingerprint density at radius 1 is 1.33 bits per heavy atom. The van der Waals surface area contributed by atoms with Crippen molar-refractivity contribution in [2.45, 2.75) is 45.7 Å². The van der Waals surface area contributed by atoms with E-state index in [1.165, 1.54) is 43.6 Å². The molecule has 1 aromatic heterocycles. The fourth-order valence-corrected chi connectivity index (χ4v) is 3.57. The van der Waals surface area contributed by atoms with Gasteiger partial charge in [-0.15, -0.1) is 0 Å². The van der Waals surface area contributed by atoms with Crippen LogP contribution in [0.3, 0.4) is 0 Å². The van der Waals surface area contributed by atoms with E-state index in [0.717, 1.165) is 17.9 Å². The first-order valence-corrected chi connectivity index (χ1v) is 8.87. The van der Waals surface area contributed by atoms with Crippen LogP contribution in [-0.4, -0.2) is 40.4 Å². The van der Waals surface area contributed by atoms with Gasteiger partial charge in [0.2, 0.25) is 0 Å². The standard InChI is InChI=1S/C19H27FN4/c1-4-23-10-8-17(9-11-23)22-14(2)19-13-21-24(15(19)3)18-7-5-6-16(20)12-18/h5-7,12-14,17,22H,4,8-11H2,1-3H3/t14-/m1/s1. The summed E-state index contributed by atoms with van der Waals surface area (Å²) in [6.45, 7) is 9.93. The molecule has 1 aliphatic rings. The predicted molar refractivity (Wildman–Crippen MR) is 94.9 cm³/mol. The summed E-state index contributed by atoms with van der Waals surface area (Å²) >= 11 is 0. The van der Waals surface area contributed by atoms with Crippen molar-refractivity contribution in [1.29, 1.82) is 0 Å². The maximum absolute atomic E-state index is 13.5. The second-order valence-electron chi connectivity index (χ2n) is 6.67. The van der Waals surface area contributed by atoms with Gasteiger partial charge >= 0.3 is 0 Å². The maximum Gasteiger partial charge on any atom is 0.125 e. The highest BCUT2D eigenvalue weighted by Gasteiger charge is 2.22. The van der Waals surface area contributed by atoms with E-state index in [2.05, 4.69) is 29.2 Å². The van der Waals surface area contributed by atoms with Gasteiger partial charge in [0, 0.05) is 23.3 Å². The first kappa shape index (κ1) is 17.1. The molecule has 0 radical (unpaired) electrons. The lowest BCUT2D eigenvalue weighted by Crippen LogP contribution is -2.43. The molecule has 1 saturated heterocycles. The van der Waals surface area contributed by atoms with E-state index in [-0.39, 0.29) is 11.9 Å². The number of nitrogens with one attached hydrogen (secondary N) is 1. The van der Waals surface area contributed by atoms with Gasteiger partial charge in [0.25, 0.3) is 0 Å². The second kappa shape index (κ2) is 7.45. The minimum Gasteiger partial charge on any atom is -0.307 e. The number of rotatable bonds is 5. The average Bonchev–Trinajstić information content (AvgIpc) is 2.97. The summed E-state index contributed by atoms with van der Waals surface area (Å²) in [5.74, 6) is -0.238. The molecule has 130 valence electrons. The number of piperidine rings is 1. The third-order valence-electron chi connectivity index (χ3n) is 5.09. The van der Waals surface area contributed by atoms with E-state index in [0.29, 0.717) is 6.04 Å². The zero-order valence-corrected chi connectivity index (χ0v) is 14.8. The summed E-state index contributed by atoms with van der Waals surface area (Å²) in [7, 11) is 0. The number of likely N-dealkylation sites (tertiary alicyclic amines) is 1. The summed E-state index contributed by atoms with van der Waals surface area (Å²) in [5, 5.41) is 8.21. The van der Waals surface area contributed by atoms with E-state index in [1.807, 2.05) is 23.9 Å². The molecule has 0 aliphatic carbocycles. The number of hydrogen-bond donors (Lipinski definition) is 1. The maximum atomic E-state index is 13.5. The summed E-state index contributed by atoms with van der Waals surface area (Å²) in [6, 6.07) is 7.36. The third kappa shape index (κ3) is 3.68. The SMILES string of the molecule is CCN1CCC(N[C@H](C)c2cnn(-c3cccc(F)c3)c2C)CC1. The smallest absolute Gasteiger partial charge is 0.125 e. The van der Waals surface area contributed by atoms with Crippen LogP contribution in [-0.2, 0) is 0 Å². The highest BCUT2D eigenvalue weighted by Crippen LogP contribution is 2.22. The molecule has 0 spiro atoms. The summed E-state index contributed by atoms with van der Waals surface area (Å²) in [5.41, 5.74) is 3.01. The van der Waals surface area contributed by atoms with Crippen LogP contribution in [0.25, 0.3) is 5.69 Å². The zero-order chi connectivity index (χ0) is 17.1. The molecule has 3 rings (SSSR count). The molecule has 2 aromatic rings. The highest BCUT2D eigenvalue weighted by molar-refractivity contribution is 5.35. The predicted octanol–water partition coefficient (Wildman–Crippen LogP) is 3.45. The van der Waals surface area contributed by atoms with Crippen LogP contribution >= 0.6 is 0 Å². The first-order valence-electron chi connectivity index (χ1n) is 8.87. The van der Waals surface area contributed by atoms with Crippen molar-refractivity contribution in [2.24, 2.45) is 0 Å². The van der Waals surface area contributed by atoms with Crippen LogP contribution < -0.4 is 5.32 Å². The lowest BCUT2D eigenvalue weighted by atomic mass is 10.0.